The Morgan fingerprint density at radius 2 is 2.14 bits per heavy atom. The molecule has 0 unspecified atom stereocenters. The van der Waals surface area contributed by atoms with Crippen LogP contribution in [0.1, 0.15) is 37.3 Å². The molecule has 4 atom stereocenters. The van der Waals surface area contributed by atoms with E-state index >= 15 is 0 Å². The maximum Gasteiger partial charge on any atom is 0.469 e. The Hall–Kier alpha value is -1.44. The highest BCUT2D eigenvalue weighted by molar-refractivity contribution is 7.46. The van der Waals surface area contributed by atoms with Crippen molar-refractivity contribution in [3.63, 3.8) is 0 Å². The zero-order valence-electron chi connectivity index (χ0n) is 17.0. The molecule has 160 valence electrons. The fourth-order valence-electron chi connectivity index (χ4n) is 5.84. The molecule has 29 heavy (non-hydrogen) atoms. The molecular formula is C20H28NO7P. The number of hydrogen-bond donors (Lipinski definition) is 2. The smallest absolute Gasteiger partial charge is 0.469 e. The monoisotopic (exact) mass is 425 g/mol. The van der Waals surface area contributed by atoms with Crippen LogP contribution in [0.15, 0.2) is 12.1 Å². The summed E-state index contributed by atoms with van der Waals surface area (Å²) in [7, 11) is -0.254. The Morgan fingerprint density at radius 1 is 1.38 bits per heavy atom. The number of carbonyl (C=O) groups excluding carboxylic acids is 1. The lowest BCUT2D eigenvalue weighted by molar-refractivity contribution is -0.138. The molecule has 2 aliphatic carbocycles. The van der Waals surface area contributed by atoms with Crippen molar-refractivity contribution in [3.8, 4) is 11.5 Å². The molecule has 4 aliphatic rings. The number of ketones is 1. The average Bonchev–Trinajstić information content (AvgIpc) is 3.01. The molecule has 2 bridgehead atoms. The lowest BCUT2D eigenvalue weighted by atomic mass is 9.52. The molecule has 0 amide bonds. The van der Waals surface area contributed by atoms with Crippen molar-refractivity contribution in [2.45, 2.75) is 50.2 Å². The molecule has 1 saturated carbocycles. The number of Topliss-reactive ketones (excluding diaryl/α,β-unsaturated/α-hetero) is 1. The first kappa shape index (κ1) is 20.8. The van der Waals surface area contributed by atoms with Crippen LogP contribution in [-0.2, 0) is 25.7 Å². The molecular weight excluding hydrogens is 397 g/mol. The van der Waals surface area contributed by atoms with Crippen LogP contribution < -0.4 is 9.47 Å². The van der Waals surface area contributed by atoms with E-state index in [1.165, 1.54) is 18.1 Å². The number of benzene rings is 1. The Morgan fingerprint density at radius 3 is 2.76 bits per heavy atom. The fourth-order valence-corrected chi connectivity index (χ4v) is 6.18. The summed E-state index contributed by atoms with van der Waals surface area (Å²) in [6.45, 7) is 2.60. The van der Waals surface area contributed by atoms with Gasteiger partial charge in [-0.2, -0.15) is 0 Å². The third kappa shape index (κ3) is 3.22. The minimum Gasteiger partial charge on any atom is -0.493 e. The van der Waals surface area contributed by atoms with Gasteiger partial charge in [-0.25, -0.2) is 4.57 Å². The zero-order valence-corrected chi connectivity index (χ0v) is 17.9. The van der Waals surface area contributed by atoms with Crippen LogP contribution in [0.25, 0.3) is 0 Å². The van der Waals surface area contributed by atoms with Crippen LogP contribution >= 0.6 is 7.82 Å². The number of phosphoric ester groups is 1. The Balaban J connectivity index is 0.000000255. The fraction of sp³-hybridized carbons (Fsp3) is 0.650. The van der Waals surface area contributed by atoms with Gasteiger partial charge in [-0.1, -0.05) is 6.07 Å². The molecule has 2 N–H and O–H groups in total. The van der Waals surface area contributed by atoms with Crippen molar-refractivity contribution in [2.24, 2.45) is 5.92 Å². The molecule has 1 saturated heterocycles. The predicted molar refractivity (Wildman–Crippen MR) is 105 cm³/mol. The van der Waals surface area contributed by atoms with E-state index < -0.39 is 7.82 Å². The molecule has 0 aromatic heterocycles. The lowest BCUT2D eigenvalue weighted by Crippen LogP contribution is -2.65. The standard InChI is InChI=1S/C18H21NO3.C2H7O4P/c1-19-8-7-18-11-4-5-13(20)17(18)22-16-14(21-2)6-3-10(15(16)18)9-12(11)19;1-2-6-7(3,4)5/h3,6,11-12,17H,4-5,7-9H2,1-2H3;2H2,1H3,(H2,3,4,5)/t11-,12+,17-,18-;/m0./s1. The molecule has 9 heteroatoms. The molecule has 2 fully saturated rings. The average molecular weight is 425 g/mol. The lowest BCUT2D eigenvalue weighted by Gasteiger charge is -2.57. The maximum atomic E-state index is 12.6. The van der Waals surface area contributed by atoms with E-state index in [2.05, 4.69) is 22.5 Å². The number of carbonyl (C=O) groups is 1. The molecule has 2 aliphatic heterocycles. The molecule has 1 spiro atoms. The summed E-state index contributed by atoms with van der Waals surface area (Å²) < 4.78 is 25.4. The molecule has 2 heterocycles. The summed E-state index contributed by atoms with van der Waals surface area (Å²) in [5, 5.41) is 0. The summed E-state index contributed by atoms with van der Waals surface area (Å²) in [6, 6.07) is 4.73. The van der Waals surface area contributed by atoms with Gasteiger partial charge in [0.05, 0.1) is 13.7 Å². The van der Waals surface area contributed by atoms with Gasteiger partial charge in [-0.15, -0.1) is 0 Å². The molecule has 1 aromatic carbocycles. The van der Waals surface area contributed by atoms with Crippen molar-refractivity contribution >= 4 is 13.6 Å². The Bertz CT molecular complexity index is 869. The van der Waals surface area contributed by atoms with Crippen LogP contribution in [-0.4, -0.2) is 59.9 Å². The first-order valence-corrected chi connectivity index (χ1v) is 11.6. The van der Waals surface area contributed by atoms with Gasteiger partial charge in [0.25, 0.3) is 0 Å². The highest BCUT2D eigenvalue weighted by Crippen LogP contribution is 2.63. The second-order valence-corrected chi connectivity index (χ2v) is 9.43. The number of ether oxygens (including phenoxy) is 2. The third-order valence-corrected chi connectivity index (χ3v) is 7.48. The number of likely N-dealkylation sites (tertiary alicyclic amines) is 1. The van der Waals surface area contributed by atoms with E-state index in [0.29, 0.717) is 18.4 Å². The number of rotatable bonds is 3. The summed E-state index contributed by atoms with van der Waals surface area (Å²) >= 11 is 0. The van der Waals surface area contributed by atoms with E-state index in [-0.39, 0.29) is 23.9 Å². The highest BCUT2D eigenvalue weighted by atomic mass is 31.2. The number of hydrogen-bond acceptors (Lipinski definition) is 6. The topological polar surface area (TPSA) is 106 Å². The minimum atomic E-state index is -4.17. The van der Waals surface area contributed by atoms with E-state index in [0.717, 1.165) is 37.3 Å². The van der Waals surface area contributed by atoms with Gasteiger partial charge in [-0.3, -0.25) is 9.32 Å². The molecule has 0 radical (unpaired) electrons. The summed E-state index contributed by atoms with van der Waals surface area (Å²) in [5.74, 6) is 2.46. The van der Waals surface area contributed by atoms with Crippen LogP contribution in [0.2, 0.25) is 0 Å². The Labute approximate surface area is 170 Å². The maximum absolute atomic E-state index is 12.6. The largest absolute Gasteiger partial charge is 0.493 e. The minimum absolute atomic E-state index is 0.0459. The normalized spacial score (nSPS) is 32.0. The number of piperidine rings is 1. The van der Waals surface area contributed by atoms with Gasteiger partial charge in [0.1, 0.15) is 0 Å². The van der Waals surface area contributed by atoms with Crippen LogP contribution in [0, 0.1) is 5.92 Å². The first-order valence-electron chi connectivity index (χ1n) is 10.0. The van der Waals surface area contributed by atoms with Crippen molar-refractivity contribution in [2.75, 3.05) is 27.3 Å². The zero-order chi connectivity index (χ0) is 21.0. The molecule has 1 aromatic rings. The van der Waals surface area contributed by atoms with E-state index in [4.69, 9.17) is 19.3 Å². The van der Waals surface area contributed by atoms with Crippen molar-refractivity contribution in [1.82, 2.24) is 4.90 Å². The van der Waals surface area contributed by atoms with Gasteiger partial charge < -0.3 is 24.2 Å². The number of likely N-dealkylation sites (N-methyl/N-ethyl adjacent to an activating group) is 1. The van der Waals surface area contributed by atoms with Crippen molar-refractivity contribution in [1.29, 1.82) is 0 Å². The van der Waals surface area contributed by atoms with E-state index in [9.17, 15) is 9.36 Å². The molecule has 8 nitrogen and oxygen atoms in total. The second-order valence-electron chi connectivity index (χ2n) is 8.19. The van der Waals surface area contributed by atoms with Gasteiger partial charge in [-0.05, 0) is 57.3 Å². The van der Waals surface area contributed by atoms with Gasteiger partial charge >= 0.3 is 7.82 Å². The van der Waals surface area contributed by atoms with Crippen LogP contribution in [0.3, 0.4) is 0 Å². The van der Waals surface area contributed by atoms with Crippen molar-refractivity contribution in [3.05, 3.63) is 23.3 Å². The summed E-state index contributed by atoms with van der Waals surface area (Å²) in [6.07, 6.45) is 3.47. The number of methoxy groups -OCH3 is 1. The van der Waals surface area contributed by atoms with E-state index in [1.54, 1.807) is 7.11 Å². The van der Waals surface area contributed by atoms with Crippen molar-refractivity contribution < 1.29 is 33.1 Å². The Kier molecular flexibility index (Phi) is 5.28. The predicted octanol–water partition coefficient (Wildman–Crippen LogP) is 2.05. The third-order valence-electron chi connectivity index (χ3n) is 6.89. The second kappa shape index (κ2) is 7.36. The van der Waals surface area contributed by atoms with Crippen LogP contribution in [0.5, 0.6) is 11.5 Å². The van der Waals surface area contributed by atoms with Gasteiger partial charge in [0.15, 0.2) is 23.4 Å². The van der Waals surface area contributed by atoms with Gasteiger partial charge in [0.2, 0.25) is 0 Å². The number of nitrogens with zero attached hydrogens (tertiary/aromatic N) is 1. The summed E-state index contributed by atoms with van der Waals surface area (Å²) in [4.78, 5) is 30.9. The first-order chi connectivity index (χ1) is 13.7. The van der Waals surface area contributed by atoms with Gasteiger partial charge in [0, 0.05) is 23.4 Å². The van der Waals surface area contributed by atoms with Crippen LogP contribution in [0.4, 0.5) is 0 Å². The highest BCUT2D eigenvalue weighted by Gasteiger charge is 2.65. The number of phosphoric acid groups is 1. The summed E-state index contributed by atoms with van der Waals surface area (Å²) in [5.41, 5.74) is 2.57. The molecule has 5 rings (SSSR count). The SMILES string of the molecule is CCOP(=O)(O)O.COc1ccc2c3c1O[C@H]1C(=O)CC[C@H]4[C@@H](C2)N(C)CC[C@]314. The van der Waals surface area contributed by atoms with E-state index in [1.807, 2.05) is 6.07 Å². The quantitative estimate of drug-likeness (QED) is 0.709.